The molecule has 23 heteroatoms. The van der Waals surface area contributed by atoms with Crippen LogP contribution in [-0.2, 0) is 25.7 Å². The summed E-state index contributed by atoms with van der Waals surface area (Å²) in [5.74, 6) is 2.55. The molecule has 9 rings (SSSR count). The van der Waals surface area contributed by atoms with Crippen LogP contribution < -0.4 is 38.7 Å². The van der Waals surface area contributed by atoms with Crippen molar-refractivity contribution in [2.75, 3.05) is 83.7 Å². The predicted octanol–water partition coefficient (Wildman–Crippen LogP) is 16.8. The van der Waals surface area contributed by atoms with Gasteiger partial charge in [-0.25, -0.2) is 24.9 Å². The Balaban J connectivity index is 0.00000124. The second-order valence-corrected chi connectivity index (χ2v) is 28.3. The summed E-state index contributed by atoms with van der Waals surface area (Å²) in [7, 11) is 8.20. The van der Waals surface area contributed by atoms with Crippen molar-refractivity contribution in [1.29, 1.82) is 0 Å². The van der Waals surface area contributed by atoms with E-state index in [0.29, 0.717) is 52.0 Å². The minimum atomic E-state index is -0.524. The SMILES string of the molecule is C1CCOC1.CC/C(=N/O)c1ccc(Nc2ccc(C(C)(C)C)cc2)nc1.CCC(=O)c1ccc(Cl)nc1.CCC(=O)c1ccc(Nc2ccc(C(C)(C)C)cc2)nc1.CCC(N)c1ccc(Nc2ccc(C(C)(C)C)cc2)nc1.CN(C)CCOCCN(C)C.O=C(Cl)c1ccc(Cl)nc1.[Br-].[CH2-]C.[Mg+2]. The average Bonchev–Trinajstić information content (AvgIpc) is 0.963. The Labute approximate surface area is 669 Å². The predicted molar refractivity (Wildman–Crippen MR) is 437 cm³/mol. The molecule has 1 fully saturated rings. The van der Waals surface area contributed by atoms with Gasteiger partial charge in [0.1, 0.15) is 27.8 Å². The summed E-state index contributed by atoms with van der Waals surface area (Å²) in [4.78, 5) is 57.8. The Morgan fingerprint density at radius 2 is 0.857 bits per heavy atom. The zero-order valence-electron chi connectivity index (χ0n) is 65.2. The van der Waals surface area contributed by atoms with Crippen LogP contribution in [0.2, 0.25) is 10.3 Å². The molecule has 5 aromatic heterocycles. The van der Waals surface area contributed by atoms with Crippen molar-refractivity contribution in [3.63, 3.8) is 0 Å². The Morgan fingerprint density at radius 1 is 0.524 bits per heavy atom. The maximum atomic E-state index is 11.6. The largest absolute Gasteiger partial charge is 2.00 e. The second kappa shape index (κ2) is 53.1. The van der Waals surface area contributed by atoms with E-state index >= 15 is 0 Å². The fraction of sp³-hybridized carbons (Fsp3) is 0.415. The fourth-order valence-electron chi connectivity index (χ4n) is 8.69. The first-order valence-corrected chi connectivity index (χ1v) is 36.1. The normalized spacial score (nSPS) is 11.7. The molecule has 568 valence electrons. The third kappa shape index (κ3) is 41.2. The maximum absolute atomic E-state index is 11.6. The van der Waals surface area contributed by atoms with Gasteiger partial charge in [-0.15, -0.1) is 0 Å². The van der Waals surface area contributed by atoms with Crippen molar-refractivity contribution < 1.29 is 46.0 Å². The number of oxime groups is 1. The monoisotopic (exact) mass is 1570 g/mol. The van der Waals surface area contributed by atoms with E-state index in [4.69, 9.17) is 55.2 Å². The van der Waals surface area contributed by atoms with Gasteiger partial charge in [0.2, 0.25) is 0 Å². The van der Waals surface area contributed by atoms with Gasteiger partial charge in [0.05, 0.1) is 24.5 Å². The van der Waals surface area contributed by atoms with Crippen molar-refractivity contribution in [1.82, 2.24) is 34.7 Å². The van der Waals surface area contributed by atoms with E-state index in [1.807, 2.05) is 75.5 Å². The number of nitrogens with one attached hydrogen (secondary N) is 3. The van der Waals surface area contributed by atoms with Crippen LogP contribution in [0.4, 0.5) is 34.5 Å². The first-order chi connectivity index (χ1) is 48.8. The number of hydrogen-bond acceptors (Lipinski definition) is 18. The van der Waals surface area contributed by atoms with Gasteiger partial charge in [-0.3, -0.25) is 14.4 Å². The summed E-state index contributed by atoms with van der Waals surface area (Å²) in [5.41, 5.74) is 17.6. The molecule has 18 nitrogen and oxygen atoms in total. The van der Waals surface area contributed by atoms with E-state index in [0.717, 1.165) is 91.6 Å². The van der Waals surface area contributed by atoms with Gasteiger partial charge in [-0.05, 0) is 195 Å². The number of hydrogen-bond donors (Lipinski definition) is 5. The van der Waals surface area contributed by atoms with Crippen LogP contribution in [0.1, 0.15) is 200 Å². The van der Waals surface area contributed by atoms with Crippen LogP contribution >= 0.6 is 34.8 Å². The molecule has 6 heterocycles. The number of nitrogens with zero attached hydrogens (tertiary/aromatic N) is 8. The van der Waals surface area contributed by atoms with Gasteiger partial charge in [0.25, 0.3) is 5.24 Å². The minimum Gasteiger partial charge on any atom is -1.00 e. The van der Waals surface area contributed by atoms with Crippen molar-refractivity contribution >= 4 is 115 Å². The van der Waals surface area contributed by atoms with Gasteiger partial charge in [0.15, 0.2) is 11.6 Å². The average molecular weight is 1570 g/mol. The molecular formula is C82H114BrCl3MgN12O6. The molecule has 1 atom stereocenters. The van der Waals surface area contributed by atoms with Gasteiger partial charge in [-0.2, -0.15) is 6.92 Å². The zero-order valence-corrected chi connectivity index (χ0v) is 70.5. The number of ketones is 2. The summed E-state index contributed by atoms with van der Waals surface area (Å²) in [6, 6.07) is 43.0. The van der Waals surface area contributed by atoms with Crippen LogP contribution in [0.25, 0.3) is 0 Å². The summed E-state index contributed by atoms with van der Waals surface area (Å²) in [6.07, 6.45) is 13.2. The van der Waals surface area contributed by atoms with Gasteiger partial charge < -0.3 is 70.1 Å². The van der Waals surface area contributed by atoms with E-state index in [2.05, 4.69) is 221 Å². The van der Waals surface area contributed by atoms with Crippen molar-refractivity contribution in [2.24, 2.45) is 10.9 Å². The number of anilines is 6. The number of likely N-dealkylation sites (N-methyl/N-ethyl adjacent to an activating group) is 2. The Hall–Kier alpha value is -6.79. The van der Waals surface area contributed by atoms with Crippen LogP contribution in [0.15, 0.2) is 170 Å². The van der Waals surface area contributed by atoms with E-state index < -0.39 is 5.24 Å². The molecule has 0 spiro atoms. The quantitative estimate of drug-likeness (QED) is 0.00518. The number of rotatable bonds is 21. The number of carbonyl (C=O) groups excluding carboxylic acids is 3. The molecule has 0 amide bonds. The number of benzene rings is 3. The van der Waals surface area contributed by atoms with Crippen LogP contribution in [0, 0.1) is 6.92 Å². The van der Waals surface area contributed by atoms with Crippen LogP contribution in [0.5, 0.6) is 0 Å². The topological polar surface area (TPSA) is 235 Å². The first-order valence-electron chi connectivity index (χ1n) is 34.9. The van der Waals surface area contributed by atoms with Crippen molar-refractivity contribution in [3.8, 4) is 0 Å². The van der Waals surface area contributed by atoms with E-state index in [9.17, 15) is 14.4 Å². The smallest absolute Gasteiger partial charge is 1.00 e. The van der Waals surface area contributed by atoms with Crippen LogP contribution in [0.3, 0.4) is 0 Å². The molecule has 1 saturated heterocycles. The summed E-state index contributed by atoms with van der Waals surface area (Å²) < 4.78 is 10.3. The fourth-order valence-corrected chi connectivity index (χ4v) is 9.03. The van der Waals surface area contributed by atoms with Gasteiger partial charge in [0, 0.05) is 110 Å². The van der Waals surface area contributed by atoms with E-state index in [1.165, 1.54) is 54.1 Å². The molecule has 0 bridgehead atoms. The molecule has 0 radical (unpaired) electrons. The second-order valence-electron chi connectivity index (χ2n) is 27.2. The number of carbonyl (C=O) groups is 3. The standard InChI is InChI=1S/C18H23N3O.C18H25N3.C18H22N2O.C8H8ClNO.C8H20N2O.C6H3Cl2NO.C4H8O.C2H5.BrH.Mg/c1-5-16(21-22)13-6-11-17(19-12-13)20-15-9-7-14(8-10-15)18(2,3)4;1-5-16(19)13-6-11-17(20-12-13)21-15-9-7-14(8-10-15)18(2,3)4;1-5-16(21)13-6-11-17(19-12-13)20-15-9-7-14(8-10-15)18(2,3)4;1-2-7(11)6-3-4-8(9)10-5-6;1-9(2)5-7-11-8-6-10(3)4;7-5-2-1-4(3-9-5)6(8)10;1-2-4-5-3-1;1-2;;/h6-12,22H,5H2,1-4H3,(H,19,20);6-12,16H,5,19H2,1-4H3,(H,20,21);6-12H,5H2,1-4H3,(H,19,20);3-5H,2H2,1H3;5-8H2,1-4H3;1-3H;1-4H2;1H2,2H3;1H;/q;;;;;;;-1;;+2/p-1/b21-16-;;;;;;;;;. The summed E-state index contributed by atoms with van der Waals surface area (Å²) in [6.45, 7) is 38.2. The molecule has 0 aliphatic carbocycles. The molecule has 105 heavy (non-hydrogen) atoms. The summed E-state index contributed by atoms with van der Waals surface area (Å²) in [5, 5.41) is 22.3. The molecule has 1 unspecified atom stereocenters. The third-order valence-electron chi connectivity index (χ3n) is 15.2. The zero-order chi connectivity index (χ0) is 77.1. The molecule has 0 saturated carbocycles. The van der Waals surface area contributed by atoms with Gasteiger partial charge >= 0.3 is 23.1 Å². The number of pyridine rings is 5. The first kappa shape index (κ1) is 98.2. The number of ether oxygens (including phenoxy) is 2. The van der Waals surface area contributed by atoms with Crippen molar-refractivity contribution in [2.45, 2.75) is 158 Å². The maximum Gasteiger partial charge on any atom is 2.00 e. The number of nitrogens with two attached hydrogens (primary N) is 1. The van der Waals surface area contributed by atoms with Crippen molar-refractivity contribution in [3.05, 3.63) is 226 Å². The molecular weight excluding hydrogens is 1460 g/mol. The Morgan fingerprint density at radius 3 is 1.10 bits per heavy atom. The molecule has 6 N–H and O–H groups in total. The van der Waals surface area contributed by atoms with Gasteiger partial charge in [-0.1, -0.05) is 161 Å². The molecule has 1 aliphatic heterocycles. The molecule has 3 aromatic carbocycles. The number of aromatic nitrogens is 5. The number of halogens is 4. The van der Waals surface area contributed by atoms with E-state index in [-0.39, 0.29) is 73.9 Å². The Bertz CT molecular complexity index is 3650. The minimum absolute atomic E-state index is 0. The van der Waals surface area contributed by atoms with Crippen LogP contribution in [-0.4, -0.2) is 153 Å². The molecule has 1 aliphatic rings. The Kier molecular flexibility index (Phi) is 49.6. The van der Waals surface area contributed by atoms with E-state index in [1.54, 1.807) is 31.5 Å². The number of Topliss-reactive ketones (excluding diaryl/α,β-unsaturated/α-hetero) is 2. The third-order valence-corrected chi connectivity index (χ3v) is 15.9. The molecule has 8 aromatic rings. The summed E-state index contributed by atoms with van der Waals surface area (Å²) >= 11 is 16.1.